The van der Waals surface area contributed by atoms with Crippen LogP contribution in [0.5, 0.6) is 5.75 Å². The highest BCUT2D eigenvalue weighted by Gasteiger charge is 2.12. The van der Waals surface area contributed by atoms with E-state index in [9.17, 15) is 4.79 Å². The average Bonchev–Trinajstić information content (AvgIpc) is 2.44. The van der Waals surface area contributed by atoms with Gasteiger partial charge >= 0.3 is 0 Å². The number of hydrogen-bond acceptors (Lipinski definition) is 3. The molecule has 4 heteroatoms. The zero-order valence-electron chi connectivity index (χ0n) is 11.4. The maximum atomic E-state index is 11.7. The molecule has 1 aliphatic carbocycles. The molecule has 0 unspecified atom stereocenters. The average molecular weight is 263 g/mol. The predicted octanol–water partition coefficient (Wildman–Crippen LogP) is 1.39. The molecule has 0 saturated carbocycles. The smallest absolute Gasteiger partial charge is 0.260 e. The van der Waals surface area contributed by atoms with E-state index in [1.54, 1.807) is 7.05 Å². The quantitative estimate of drug-likeness (QED) is 0.873. The van der Waals surface area contributed by atoms with Gasteiger partial charge in [-0.05, 0) is 48.9 Å². The van der Waals surface area contributed by atoms with Crippen LogP contribution in [-0.2, 0) is 17.6 Å². The molecular weight excluding hydrogens is 242 g/mol. The Balaban J connectivity index is 1.91. The summed E-state index contributed by atoms with van der Waals surface area (Å²) in [5, 5.41) is 8.77. The fourth-order valence-corrected chi connectivity index (χ4v) is 2.33. The lowest BCUT2D eigenvalue weighted by atomic mass is 9.92. The van der Waals surface area contributed by atoms with Crippen LogP contribution < -0.4 is 4.74 Å². The monoisotopic (exact) mass is 263 g/mol. The Hall–Kier alpha value is -1.55. The topological polar surface area (TPSA) is 49.8 Å². The Labute approximate surface area is 114 Å². The first kappa shape index (κ1) is 13.9. The van der Waals surface area contributed by atoms with Crippen LogP contribution in [0.25, 0.3) is 0 Å². The third-order valence-corrected chi connectivity index (χ3v) is 3.54. The SMILES string of the molecule is CN(CCO)C(=O)COc1ccc2c(c1)CCCC2. The molecule has 0 fully saturated rings. The van der Waals surface area contributed by atoms with E-state index in [0.717, 1.165) is 18.6 Å². The molecule has 1 aromatic rings. The first-order valence-electron chi connectivity index (χ1n) is 6.80. The van der Waals surface area contributed by atoms with Crippen LogP contribution in [0, 0.1) is 0 Å². The van der Waals surface area contributed by atoms with Crippen molar-refractivity contribution in [2.45, 2.75) is 25.7 Å². The summed E-state index contributed by atoms with van der Waals surface area (Å²) in [6.45, 7) is 0.336. The van der Waals surface area contributed by atoms with Crippen molar-refractivity contribution in [3.05, 3.63) is 29.3 Å². The molecule has 1 aliphatic rings. The zero-order chi connectivity index (χ0) is 13.7. The lowest BCUT2D eigenvalue weighted by molar-refractivity contribution is -0.132. The van der Waals surface area contributed by atoms with Gasteiger partial charge in [-0.3, -0.25) is 4.79 Å². The molecular formula is C15H21NO3. The summed E-state index contributed by atoms with van der Waals surface area (Å²) >= 11 is 0. The van der Waals surface area contributed by atoms with Crippen LogP contribution in [0.1, 0.15) is 24.0 Å². The minimum absolute atomic E-state index is 0.0231. The highest BCUT2D eigenvalue weighted by atomic mass is 16.5. The molecule has 104 valence electrons. The largest absolute Gasteiger partial charge is 0.484 e. The van der Waals surface area contributed by atoms with Gasteiger partial charge in [-0.15, -0.1) is 0 Å². The van der Waals surface area contributed by atoms with Crippen LogP contribution in [0.15, 0.2) is 18.2 Å². The van der Waals surface area contributed by atoms with E-state index in [4.69, 9.17) is 9.84 Å². The molecule has 0 heterocycles. The van der Waals surface area contributed by atoms with Crippen molar-refractivity contribution in [1.82, 2.24) is 4.90 Å². The van der Waals surface area contributed by atoms with E-state index in [0.29, 0.717) is 6.54 Å². The van der Waals surface area contributed by atoms with Crippen molar-refractivity contribution >= 4 is 5.91 Å². The molecule has 0 aliphatic heterocycles. The number of aliphatic hydroxyl groups excluding tert-OH is 1. The second-order valence-electron chi connectivity index (χ2n) is 4.97. The van der Waals surface area contributed by atoms with E-state index in [2.05, 4.69) is 6.07 Å². The number of rotatable bonds is 5. The summed E-state index contributed by atoms with van der Waals surface area (Å²) in [6.07, 6.45) is 4.74. The van der Waals surface area contributed by atoms with Crippen molar-refractivity contribution in [1.29, 1.82) is 0 Å². The fourth-order valence-electron chi connectivity index (χ4n) is 2.33. The van der Waals surface area contributed by atoms with Crippen LogP contribution in [0.2, 0.25) is 0 Å². The predicted molar refractivity (Wildman–Crippen MR) is 73.3 cm³/mol. The summed E-state index contributed by atoms with van der Waals surface area (Å²) in [7, 11) is 1.66. The summed E-state index contributed by atoms with van der Waals surface area (Å²) in [5.74, 6) is 0.637. The number of benzene rings is 1. The lowest BCUT2D eigenvalue weighted by Gasteiger charge is -2.18. The standard InChI is InChI=1S/C15H21NO3/c1-16(8-9-17)15(18)11-19-14-7-6-12-4-2-3-5-13(12)10-14/h6-7,10,17H,2-5,8-9,11H2,1H3. The third-order valence-electron chi connectivity index (χ3n) is 3.54. The number of aliphatic hydroxyl groups is 1. The minimum atomic E-state index is -0.119. The third kappa shape index (κ3) is 3.70. The van der Waals surface area contributed by atoms with Gasteiger partial charge in [0.05, 0.1) is 6.61 Å². The van der Waals surface area contributed by atoms with E-state index < -0.39 is 0 Å². The summed E-state index contributed by atoms with van der Waals surface area (Å²) in [5.41, 5.74) is 2.75. The first-order valence-corrected chi connectivity index (χ1v) is 6.80. The minimum Gasteiger partial charge on any atom is -0.484 e. The maximum absolute atomic E-state index is 11.7. The van der Waals surface area contributed by atoms with Crippen molar-refractivity contribution in [3.63, 3.8) is 0 Å². The van der Waals surface area contributed by atoms with Crippen molar-refractivity contribution in [2.75, 3.05) is 26.8 Å². The molecule has 0 bridgehead atoms. The summed E-state index contributed by atoms with van der Waals surface area (Å²) < 4.78 is 5.53. The normalized spacial score (nSPS) is 13.8. The Kier molecular flexibility index (Phi) is 4.80. The first-order chi connectivity index (χ1) is 9.20. The van der Waals surface area contributed by atoms with Crippen LogP contribution in [-0.4, -0.2) is 42.7 Å². The maximum Gasteiger partial charge on any atom is 0.260 e. The Bertz CT molecular complexity index is 445. The molecule has 0 atom stereocenters. The van der Waals surface area contributed by atoms with Crippen molar-refractivity contribution < 1.29 is 14.6 Å². The highest BCUT2D eigenvalue weighted by molar-refractivity contribution is 5.77. The fraction of sp³-hybridized carbons (Fsp3) is 0.533. The van der Waals surface area contributed by atoms with Crippen molar-refractivity contribution in [2.24, 2.45) is 0 Å². The van der Waals surface area contributed by atoms with Gasteiger partial charge in [-0.1, -0.05) is 6.07 Å². The van der Waals surface area contributed by atoms with Crippen molar-refractivity contribution in [3.8, 4) is 5.75 Å². The number of likely N-dealkylation sites (N-methyl/N-ethyl adjacent to an activating group) is 1. The molecule has 2 rings (SSSR count). The second kappa shape index (κ2) is 6.57. The molecule has 1 aromatic carbocycles. The van der Waals surface area contributed by atoms with Gasteiger partial charge in [-0.2, -0.15) is 0 Å². The number of hydrogen-bond donors (Lipinski definition) is 1. The highest BCUT2D eigenvalue weighted by Crippen LogP contribution is 2.25. The van der Waals surface area contributed by atoms with Gasteiger partial charge < -0.3 is 14.7 Å². The number of fused-ring (bicyclic) bond motifs is 1. The van der Waals surface area contributed by atoms with Gasteiger partial charge in [0.25, 0.3) is 5.91 Å². The molecule has 1 amide bonds. The van der Waals surface area contributed by atoms with Crippen LogP contribution in [0.3, 0.4) is 0 Å². The van der Waals surface area contributed by atoms with Gasteiger partial charge in [0.1, 0.15) is 5.75 Å². The van der Waals surface area contributed by atoms with Gasteiger partial charge in [0, 0.05) is 13.6 Å². The Morgan fingerprint density at radius 2 is 2.05 bits per heavy atom. The summed E-state index contributed by atoms with van der Waals surface area (Å²) in [4.78, 5) is 13.2. The Morgan fingerprint density at radius 1 is 1.32 bits per heavy atom. The van der Waals surface area contributed by atoms with E-state index in [1.165, 1.54) is 28.9 Å². The summed E-state index contributed by atoms with van der Waals surface area (Å²) in [6, 6.07) is 6.09. The molecule has 0 radical (unpaired) electrons. The number of amides is 1. The number of nitrogens with zero attached hydrogens (tertiary/aromatic N) is 1. The van der Waals surface area contributed by atoms with Crippen LogP contribution >= 0.6 is 0 Å². The number of ether oxygens (including phenoxy) is 1. The van der Waals surface area contributed by atoms with E-state index in [1.807, 2.05) is 12.1 Å². The number of aryl methyl sites for hydroxylation is 2. The number of carbonyl (C=O) groups is 1. The van der Waals surface area contributed by atoms with Gasteiger partial charge in [0.15, 0.2) is 6.61 Å². The second-order valence-corrected chi connectivity index (χ2v) is 4.97. The molecule has 19 heavy (non-hydrogen) atoms. The lowest BCUT2D eigenvalue weighted by Crippen LogP contribution is -2.33. The molecule has 4 nitrogen and oxygen atoms in total. The molecule has 0 aromatic heterocycles. The molecule has 0 spiro atoms. The molecule has 1 N–H and O–H groups in total. The van der Waals surface area contributed by atoms with Gasteiger partial charge in [0.2, 0.25) is 0 Å². The van der Waals surface area contributed by atoms with E-state index >= 15 is 0 Å². The number of carbonyl (C=O) groups excluding carboxylic acids is 1. The molecule has 0 saturated heterocycles. The van der Waals surface area contributed by atoms with Gasteiger partial charge in [-0.25, -0.2) is 0 Å². The Morgan fingerprint density at radius 3 is 2.79 bits per heavy atom. The zero-order valence-corrected chi connectivity index (χ0v) is 11.4. The van der Waals surface area contributed by atoms with Crippen LogP contribution in [0.4, 0.5) is 0 Å². The van der Waals surface area contributed by atoms with E-state index in [-0.39, 0.29) is 19.1 Å².